The molecule has 0 unspecified atom stereocenters. The Morgan fingerprint density at radius 3 is 2.67 bits per heavy atom. The van der Waals surface area contributed by atoms with Crippen LogP contribution in [-0.2, 0) is 0 Å². The van der Waals surface area contributed by atoms with E-state index in [9.17, 15) is 9.18 Å². The van der Waals surface area contributed by atoms with Crippen molar-refractivity contribution in [3.05, 3.63) is 54.1 Å². The monoisotopic (exact) mass is 246 g/mol. The fraction of sp³-hybridized carbons (Fsp3) is 0.0769. The zero-order valence-electron chi connectivity index (χ0n) is 9.68. The Kier molecular flexibility index (Phi) is 3.52. The molecule has 0 aliphatic carbocycles. The first-order valence-corrected chi connectivity index (χ1v) is 5.25. The Morgan fingerprint density at radius 1 is 1.28 bits per heavy atom. The van der Waals surface area contributed by atoms with E-state index in [1.54, 1.807) is 12.1 Å². The molecule has 2 aromatic rings. The van der Waals surface area contributed by atoms with Crippen molar-refractivity contribution < 1.29 is 13.9 Å². The highest BCUT2D eigenvalue weighted by molar-refractivity contribution is 6.04. The van der Waals surface area contributed by atoms with Crippen LogP contribution in [-0.4, -0.2) is 18.0 Å². The molecule has 1 amide bonds. The second-order valence-corrected chi connectivity index (χ2v) is 3.54. The maximum absolute atomic E-state index is 13.5. The molecule has 0 spiro atoms. The van der Waals surface area contributed by atoms with Gasteiger partial charge in [-0.15, -0.1) is 0 Å². The van der Waals surface area contributed by atoms with Crippen molar-refractivity contribution in [2.45, 2.75) is 0 Å². The average molecular weight is 246 g/mol. The molecule has 0 bridgehead atoms. The number of carbonyl (C=O) groups excluding carboxylic acids is 1. The van der Waals surface area contributed by atoms with Gasteiger partial charge in [0.15, 0.2) is 0 Å². The molecule has 0 radical (unpaired) electrons. The zero-order valence-corrected chi connectivity index (χ0v) is 9.68. The molecular formula is C13H11FN2O2. The highest BCUT2D eigenvalue weighted by atomic mass is 19.1. The van der Waals surface area contributed by atoms with E-state index in [-0.39, 0.29) is 5.56 Å². The topological polar surface area (TPSA) is 51.2 Å². The molecule has 1 N–H and O–H groups in total. The highest BCUT2D eigenvalue weighted by Crippen LogP contribution is 2.17. The molecule has 0 aliphatic rings. The van der Waals surface area contributed by atoms with Crippen molar-refractivity contribution in [2.75, 3.05) is 12.4 Å². The Hall–Kier alpha value is -2.43. The Balaban J connectivity index is 2.23. The number of halogens is 1. The molecule has 0 atom stereocenters. The lowest BCUT2D eigenvalue weighted by Crippen LogP contribution is -2.13. The molecule has 4 nitrogen and oxygen atoms in total. The van der Waals surface area contributed by atoms with Gasteiger partial charge >= 0.3 is 0 Å². The number of carbonyl (C=O) groups is 1. The fourth-order valence-electron chi connectivity index (χ4n) is 1.44. The molecule has 18 heavy (non-hydrogen) atoms. The molecule has 2 rings (SSSR count). The smallest absolute Gasteiger partial charge is 0.258 e. The van der Waals surface area contributed by atoms with Crippen molar-refractivity contribution in [2.24, 2.45) is 0 Å². The number of amides is 1. The van der Waals surface area contributed by atoms with Gasteiger partial charge in [-0.05, 0) is 30.3 Å². The summed E-state index contributed by atoms with van der Waals surface area (Å²) >= 11 is 0. The van der Waals surface area contributed by atoms with E-state index in [1.807, 2.05) is 0 Å². The van der Waals surface area contributed by atoms with Crippen LogP contribution in [0.1, 0.15) is 10.4 Å². The molecule has 0 fully saturated rings. The Morgan fingerprint density at radius 2 is 2.00 bits per heavy atom. The van der Waals surface area contributed by atoms with Crippen LogP contribution in [0.3, 0.4) is 0 Å². The van der Waals surface area contributed by atoms with E-state index in [0.717, 1.165) is 0 Å². The third-order valence-corrected chi connectivity index (χ3v) is 2.36. The van der Waals surface area contributed by atoms with Gasteiger partial charge in [0.1, 0.15) is 11.6 Å². The summed E-state index contributed by atoms with van der Waals surface area (Å²) in [6.07, 6.45) is 3.08. The zero-order chi connectivity index (χ0) is 13.0. The lowest BCUT2D eigenvalue weighted by molar-refractivity contribution is 0.102. The van der Waals surface area contributed by atoms with Crippen molar-refractivity contribution in [1.82, 2.24) is 4.98 Å². The number of anilines is 1. The van der Waals surface area contributed by atoms with Crippen LogP contribution in [0.25, 0.3) is 0 Å². The summed E-state index contributed by atoms with van der Waals surface area (Å²) in [7, 11) is 1.46. The quantitative estimate of drug-likeness (QED) is 0.905. The van der Waals surface area contributed by atoms with Crippen molar-refractivity contribution in [1.29, 1.82) is 0 Å². The molecule has 92 valence electrons. The number of nitrogens with zero attached hydrogens (tertiary/aromatic N) is 1. The lowest BCUT2D eigenvalue weighted by Gasteiger charge is -2.07. The standard InChI is InChI=1S/C13H11FN2O2/c1-18-10-2-3-12(14)11(8-10)13(17)16-9-4-6-15-7-5-9/h2-8H,1H3,(H,15,16,17). The molecule has 1 heterocycles. The van der Waals surface area contributed by atoms with Gasteiger partial charge in [0.05, 0.1) is 12.7 Å². The van der Waals surface area contributed by atoms with E-state index in [1.165, 1.54) is 37.7 Å². The van der Waals surface area contributed by atoms with Gasteiger partial charge in [-0.25, -0.2) is 4.39 Å². The number of ether oxygens (including phenoxy) is 1. The molecule has 5 heteroatoms. The van der Waals surface area contributed by atoms with Gasteiger partial charge in [0.2, 0.25) is 0 Å². The van der Waals surface area contributed by atoms with Crippen molar-refractivity contribution in [3.63, 3.8) is 0 Å². The number of nitrogens with one attached hydrogen (secondary N) is 1. The number of hydrogen-bond donors (Lipinski definition) is 1. The van der Waals surface area contributed by atoms with Crippen LogP contribution >= 0.6 is 0 Å². The predicted molar refractivity (Wildman–Crippen MR) is 65.1 cm³/mol. The molecule has 1 aromatic carbocycles. The van der Waals surface area contributed by atoms with E-state index < -0.39 is 11.7 Å². The van der Waals surface area contributed by atoms with Gasteiger partial charge < -0.3 is 10.1 Å². The molecule has 0 saturated heterocycles. The summed E-state index contributed by atoms with van der Waals surface area (Å²) in [6, 6.07) is 7.25. The second-order valence-electron chi connectivity index (χ2n) is 3.54. The summed E-state index contributed by atoms with van der Waals surface area (Å²) in [6.45, 7) is 0. The van der Waals surface area contributed by atoms with E-state index in [2.05, 4.69) is 10.3 Å². The first kappa shape index (κ1) is 12.0. The summed E-state index contributed by atoms with van der Waals surface area (Å²) < 4.78 is 18.5. The number of rotatable bonds is 3. The minimum atomic E-state index is -0.595. The number of pyridine rings is 1. The predicted octanol–water partition coefficient (Wildman–Crippen LogP) is 2.48. The first-order chi connectivity index (χ1) is 8.70. The average Bonchev–Trinajstić information content (AvgIpc) is 2.40. The number of aromatic nitrogens is 1. The maximum Gasteiger partial charge on any atom is 0.258 e. The third kappa shape index (κ3) is 2.63. The summed E-state index contributed by atoms with van der Waals surface area (Å²) in [4.78, 5) is 15.7. The molecular weight excluding hydrogens is 235 g/mol. The van der Waals surface area contributed by atoms with Crippen LogP contribution in [0, 0.1) is 5.82 Å². The molecule has 1 aromatic heterocycles. The van der Waals surface area contributed by atoms with Gasteiger partial charge in [0.25, 0.3) is 5.91 Å². The Bertz CT molecular complexity index is 558. The van der Waals surface area contributed by atoms with Gasteiger partial charge in [-0.3, -0.25) is 9.78 Å². The summed E-state index contributed by atoms with van der Waals surface area (Å²) in [5.74, 6) is -0.698. The number of hydrogen-bond acceptors (Lipinski definition) is 3. The SMILES string of the molecule is COc1ccc(F)c(C(=O)Nc2ccncc2)c1. The van der Waals surface area contributed by atoms with Crippen LogP contribution in [0.4, 0.5) is 10.1 Å². The minimum absolute atomic E-state index is 0.0637. The van der Waals surface area contributed by atoms with Crippen molar-refractivity contribution in [3.8, 4) is 5.75 Å². The lowest BCUT2D eigenvalue weighted by atomic mass is 10.2. The Labute approximate surface area is 103 Å². The maximum atomic E-state index is 13.5. The summed E-state index contributed by atoms with van der Waals surface area (Å²) in [5, 5.41) is 2.58. The van der Waals surface area contributed by atoms with Crippen LogP contribution in [0.2, 0.25) is 0 Å². The van der Waals surface area contributed by atoms with Crippen molar-refractivity contribution >= 4 is 11.6 Å². The normalized spacial score (nSPS) is 9.89. The summed E-state index contributed by atoms with van der Waals surface area (Å²) in [5.41, 5.74) is 0.489. The number of methoxy groups -OCH3 is 1. The third-order valence-electron chi connectivity index (χ3n) is 2.36. The van der Waals surface area contributed by atoms with Crippen LogP contribution in [0.15, 0.2) is 42.7 Å². The number of benzene rings is 1. The molecule has 0 saturated carbocycles. The van der Waals surface area contributed by atoms with Crippen LogP contribution in [0.5, 0.6) is 5.75 Å². The highest BCUT2D eigenvalue weighted by Gasteiger charge is 2.13. The van der Waals surface area contributed by atoms with Gasteiger partial charge in [-0.2, -0.15) is 0 Å². The van der Waals surface area contributed by atoms with Crippen LogP contribution < -0.4 is 10.1 Å². The minimum Gasteiger partial charge on any atom is -0.497 e. The van der Waals surface area contributed by atoms with Gasteiger partial charge in [0, 0.05) is 18.1 Å². The first-order valence-electron chi connectivity index (χ1n) is 5.25. The fourth-order valence-corrected chi connectivity index (χ4v) is 1.44. The van der Waals surface area contributed by atoms with E-state index >= 15 is 0 Å². The largest absolute Gasteiger partial charge is 0.497 e. The van der Waals surface area contributed by atoms with E-state index in [4.69, 9.17) is 4.74 Å². The second kappa shape index (κ2) is 5.27. The van der Waals surface area contributed by atoms with Gasteiger partial charge in [-0.1, -0.05) is 0 Å². The molecule has 0 aliphatic heterocycles. The van der Waals surface area contributed by atoms with E-state index in [0.29, 0.717) is 11.4 Å².